The molecule has 0 radical (unpaired) electrons. The van der Waals surface area contributed by atoms with E-state index in [1.165, 1.54) is 23.1 Å². The van der Waals surface area contributed by atoms with Gasteiger partial charge in [-0.25, -0.2) is 14.3 Å². The standard InChI is InChI=1S/C16H19N7O4/c24-14(10-23-11-18-19-20-23)21-5-7-22(8-6-21)16(27)17-9-12-1-3-13(4-2-12)15(25)26/h1-4,11H,5-10H2,(H,17,27)(H,25,26). The predicted octanol–water partition coefficient (Wildman–Crippen LogP) is -0.575. The van der Waals surface area contributed by atoms with Crippen LogP contribution in [0.15, 0.2) is 30.6 Å². The lowest BCUT2D eigenvalue weighted by Crippen LogP contribution is -2.53. The smallest absolute Gasteiger partial charge is 0.335 e. The zero-order chi connectivity index (χ0) is 19.2. The van der Waals surface area contributed by atoms with Gasteiger partial charge in [-0.3, -0.25) is 4.79 Å². The van der Waals surface area contributed by atoms with E-state index in [2.05, 4.69) is 20.8 Å². The predicted molar refractivity (Wildman–Crippen MR) is 91.6 cm³/mol. The Morgan fingerprint density at radius 2 is 1.70 bits per heavy atom. The van der Waals surface area contributed by atoms with Crippen molar-refractivity contribution in [2.75, 3.05) is 26.2 Å². The number of aromatic nitrogens is 4. The molecule has 1 saturated heterocycles. The summed E-state index contributed by atoms with van der Waals surface area (Å²) in [7, 11) is 0. The van der Waals surface area contributed by atoms with Crippen molar-refractivity contribution in [2.24, 2.45) is 0 Å². The summed E-state index contributed by atoms with van der Waals surface area (Å²) in [5.41, 5.74) is 1.01. The molecule has 0 spiro atoms. The number of carbonyl (C=O) groups is 3. The molecule has 1 fully saturated rings. The summed E-state index contributed by atoms with van der Waals surface area (Å²) in [5.74, 6) is -1.08. The molecule has 1 aliphatic heterocycles. The van der Waals surface area contributed by atoms with Gasteiger partial charge in [0.2, 0.25) is 5.91 Å². The van der Waals surface area contributed by atoms with Gasteiger partial charge in [0.15, 0.2) is 0 Å². The number of urea groups is 1. The number of aromatic carboxylic acids is 1. The average Bonchev–Trinajstić information content (AvgIpc) is 3.19. The molecule has 0 bridgehead atoms. The summed E-state index contributed by atoms with van der Waals surface area (Å²) in [6.07, 6.45) is 1.38. The van der Waals surface area contributed by atoms with Crippen molar-refractivity contribution in [1.82, 2.24) is 35.3 Å². The number of nitrogens with one attached hydrogen (secondary N) is 1. The number of carbonyl (C=O) groups excluding carboxylic acids is 2. The maximum atomic E-state index is 12.3. The van der Waals surface area contributed by atoms with E-state index in [1.54, 1.807) is 21.9 Å². The highest BCUT2D eigenvalue weighted by Gasteiger charge is 2.24. The Bertz CT molecular complexity index is 799. The molecule has 0 saturated carbocycles. The molecule has 1 aromatic heterocycles. The average molecular weight is 373 g/mol. The van der Waals surface area contributed by atoms with Gasteiger partial charge in [-0.1, -0.05) is 12.1 Å². The summed E-state index contributed by atoms with van der Waals surface area (Å²) < 4.78 is 1.36. The van der Waals surface area contributed by atoms with Crippen LogP contribution in [0.4, 0.5) is 4.79 Å². The number of carboxylic acids is 1. The first-order chi connectivity index (χ1) is 13.0. The number of tetrazole rings is 1. The highest BCUT2D eigenvalue weighted by Crippen LogP contribution is 2.06. The van der Waals surface area contributed by atoms with E-state index in [0.29, 0.717) is 32.7 Å². The van der Waals surface area contributed by atoms with Crippen LogP contribution in [-0.4, -0.2) is 79.2 Å². The molecule has 2 aromatic rings. The third-order valence-electron chi connectivity index (χ3n) is 4.25. The molecule has 11 heteroatoms. The van der Waals surface area contributed by atoms with Crippen LogP contribution in [0.5, 0.6) is 0 Å². The molecule has 0 aliphatic carbocycles. The van der Waals surface area contributed by atoms with Gasteiger partial charge in [0.05, 0.1) is 5.56 Å². The second-order valence-corrected chi connectivity index (χ2v) is 6.04. The Hall–Kier alpha value is -3.50. The molecule has 27 heavy (non-hydrogen) atoms. The number of piperazine rings is 1. The number of carboxylic acid groups (broad SMARTS) is 1. The Kier molecular flexibility index (Phi) is 5.59. The third kappa shape index (κ3) is 4.77. The lowest BCUT2D eigenvalue weighted by Gasteiger charge is -2.34. The Balaban J connectivity index is 1.43. The number of nitrogens with zero attached hydrogens (tertiary/aromatic N) is 6. The largest absolute Gasteiger partial charge is 0.478 e. The molecular weight excluding hydrogens is 354 g/mol. The van der Waals surface area contributed by atoms with E-state index in [9.17, 15) is 14.4 Å². The van der Waals surface area contributed by atoms with Crippen LogP contribution in [0.3, 0.4) is 0 Å². The Labute approximate surface area is 154 Å². The molecule has 0 unspecified atom stereocenters. The van der Waals surface area contributed by atoms with E-state index in [-0.39, 0.29) is 24.0 Å². The summed E-state index contributed by atoms with van der Waals surface area (Å²) in [6, 6.07) is 6.11. The normalized spacial score (nSPS) is 14.1. The fourth-order valence-corrected chi connectivity index (χ4v) is 2.70. The fourth-order valence-electron chi connectivity index (χ4n) is 2.70. The third-order valence-corrected chi connectivity index (χ3v) is 4.25. The van der Waals surface area contributed by atoms with Crippen molar-refractivity contribution in [3.05, 3.63) is 41.7 Å². The zero-order valence-corrected chi connectivity index (χ0v) is 14.5. The van der Waals surface area contributed by atoms with Crippen molar-refractivity contribution in [3.8, 4) is 0 Å². The first-order valence-corrected chi connectivity index (χ1v) is 8.36. The number of benzene rings is 1. The lowest BCUT2D eigenvalue weighted by molar-refractivity contribution is -0.133. The van der Waals surface area contributed by atoms with E-state index in [1.807, 2.05) is 0 Å². The second kappa shape index (κ2) is 8.25. The molecule has 0 atom stereocenters. The van der Waals surface area contributed by atoms with Gasteiger partial charge in [-0.15, -0.1) is 5.10 Å². The molecule has 11 nitrogen and oxygen atoms in total. The first kappa shape index (κ1) is 18.3. The number of rotatable bonds is 5. The number of hydrogen-bond donors (Lipinski definition) is 2. The van der Waals surface area contributed by atoms with Crippen LogP contribution in [0.1, 0.15) is 15.9 Å². The second-order valence-electron chi connectivity index (χ2n) is 6.04. The lowest BCUT2D eigenvalue weighted by atomic mass is 10.1. The van der Waals surface area contributed by atoms with Crippen molar-refractivity contribution in [3.63, 3.8) is 0 Å². The van der Waals surface area contributed by atoms with Crippen LogP contribution in [0.25, 0.3) is 0 Å². The van der Waals surface area contributed by atoms with Crippen LogP contribution < -0.4 is 5.32 Å². The van der Waals surface area contributed by atoms with Gasteiger partial charge in [0, 0.05) is 32.7 Å². The van der Waals surface area contributed by atoms with Crippen LogP contribution >= 0.6 is 0 Å². The minimum atomic E-state index is -0.988. The van der Waals surface area contributed by atoms with Gasteiger partial charge in [-0.2, -0.15) is 0 Å². The van der Waals surface area contributed by atoms with Gasteiger partial charge in [0.25, 0.3) is 0 Å². The van der Waals surface area contributed by atoms with E-state index in [4.69, 9.17) is 5.11 Å². The van der Waals surface area contributed by atoms with Crippen LogP contribution in [0.2, 0.25) is 0 Å². The topological polar surface area (TPSA) is 134 Å². The van der Waals surface area contributed by atoms with E-state index < -0.39 is 5.97 Å². The fraction of sp³-hybridized carbons (Fsp3) is 0.375. The van der Waals surface area contributed by atoms with E-state index in [0.717, 1.165) is 5.56 Å². The van der Waals surface area contributed by atoms with Gasteiger partial charge < -0.3 is 20.2 Å². The summed E-state index contributed by atoms with van der Waals surface area (Å²) >= 11 is 0. The Morgan fingerprint density at radius 1 is 1.04 bits per heavy atom. The first-order valence-electron chi connectivity index (χ1n) is 8.36. The summed E-state index contributed by atoms with van der Waals surface area (Å²) in [5, 5.41) is 22.3. The molecule has 1 aliphatic rings. The summed E-state index contributed by atoms with van der Waals surface area (Å²) in [6.45, 7) is 2.14. The molecule has 3 rings (SSSR count). The maximum absolute atomic E-state index is 12.3. The minimum Gasteiger partial charge on any atom is -0.478 e. The van der Waals surface area contributed by atoms with Gasteiger partial charge in [-0.05, 0) is 28.1 Å². The molecule has 1 aromatic carbocycles. The van der Waals surface area contributed by atoms with E-state index >= 15 is 0 Å². The molecule has 142 valence electrons. The number of hydrogen-bond acceptors (Lipinski definition) is 6. The quantitative estimate of drug-likeness (QED) is 0.716. The van der Waals surface area contributed by atoms with Crippen LogP contribution in [-0.2, 0) is 17.9 Å². The van der Waals surface area contributed by atoms with Crippen molar-refractivity contribution < 1.29 is 19.5 Å². The van der Waals surface area contributed by atoms with Crippen LogP contribution in [0, 0.1) is 0 Å². The Morgan fingerprint density at radius 3 is 2.30 bits per heavy atom. The molecule has 2 N–H and O–H groups in total. The zero-order valence-electron chi connectivity index (χ0n) is 14.5. The summed E-state index contributed by atoms with van der Waals surface area (Å²) in [4.78, 5) is 38.6. The highest BCUT2D eigenvalue weighted by molar-refractivity contribution is 5.87. The van der Waals surface area contributed by atoms with Crippen molar-refractivity contribution in [1.29, 1.82) is 0 Å². The minimum absolute atomic E-state index is 0.0749. The highest BCUT2D eigenvalue weighted by atomic mass is 16.4. The van der Waals surface area contributed by atoms with Crippen molar-refractivity contribution in [2.45, 2.75) is 13.1 Å². The molecular formula is C16H19N7O4. The van der Waals surface area contributed by atoms with Gasteiger partial charge in [0.1, 0.15) is 12.9 Å². The number of amides is 3. The maximum Gasteiger partial charge on any atom is 0.335 e. The SMILES string of the molecule is O=C(O)c1ccc(CNC(=O)N2CCN(C(=O)Cn3cnnn3)CC2)cc1. The monoisotopic (exact) mass is 373 g/mol. The van der Waals surface area contributed by atoms with Gasteiger partial charge >= 0.3 is 12.0 Å². The molecule has 3 amide bonds. The molecule has 2 heterocycles. The van der Waals surface area contributed by atoms with Crippen molar-refractivity contribution >= 4 is 17.9 Å².